The van der Waals surface area contributed by atoms with Crippen LogP contribution in [0.25, 0.3) is 10.8 Å². The normalized spacial score (nSPS) is 12.4. The quantitative estimate of drug-likeness (QED) is 0.652. The van der Waals surface area contributed by atoms with Gasteiger partial charge in [-0.3, -0.25) is 4.79 Å². The Balaban J connectivity index is 1.69. The van der Waals surface area contributed by atoms with Crippen LogP contribution in [0, 0.1) is 0 Å². The predicted molar refractivity (Wildman–Crippen MR) is 85.1 cm³/mol. The smallest absolute Gasteiger partial charge is 0.320 e. The van der Waals surface area contributed by atoms with Crippen molar-refractivity contribution in [3.05, 3.63) is 48.0 Å². The molecule has 1 atom stereocenters. The molecule has 21 heavy (non-hydrogen) atoms. The lowest BCUT2D eigenvalue weighted by atomic mass is 10.1. The molecule has 2 rings (SSSR count). The number of hydrogen-bond donors (Lipinski definition) is 3. The molecule has 112 valence electrons. The van der Waals surface area contributed by atoms with E-state index in [-0.39, 0.29) is 0 Å². The summed E-state index contributed by atoms with van der Waals surface area (Å²) >= 11 is 0. The minimum Gasteiger partial charge on any atom is -0.480 e. The van der Waals surface area contributed by atoms with Crippen LogP contribution in [-0.4, -0.2) is 23.7 Å². The number of carboxylic acids is 1. The highest BCUT2D eigenvalue weighted by Gasteiger charge is 2.09. The first-order chi connectivity index (χ1) is 10.2. The SMILES string of the molecule is N[C@@H](CCCCNCc1ccc2ccccc2c1)C(=O)O. The van der Waals surface area contributed by atoms with Crippen molar-refractivity contribution in [1.29, 1.82) is 0 Å². The maximum atomic E-state index is 10.6. The molecule has 0 aliphatic rings. The molecule has 0 aliphatic carbocycles. The Morgan fingerprint density at radius 1 is 1.14 bits per heavy atom. The maximum absolute atomic E-state index is 10.6. The predicted octanol–water partition coefficient (Wildman–Crippen LogP) is 2.51. The topological polar surface area (TPSA) is 75.3 Å². The molecule has 0 saturated heterocycles. The summed E-state index contributed by atoms with van der Waals surface area (Å²) in [5, 5.41) is 14.6. The Hall–Kier alpha value is -1.91. The zero-order chi connectivity index (χ0) is 15.1. The van der Waals surface area contributed by atoms with Crippen LogP contribution in [0.2, 0.25) is 0 Å². The largest absolute Gasteiger partial charge is 0.480 e. The third-order valence-electron chi connectivity index (χ3n) is 3.58. The lowest BCUT2D eigenvalue weighted by molar-refractivity contribution is -0.138. The molecule has 4 nitrogen and oxygen atoms in total. The fraction of sp³-hybridized carbons (Fsp3) is 0.353. The van der Waals surface area contributed by atoms with Gasteiger partial charge in [0.1, 0.15) is 6.04 Å². The number of benzene rings is 2. The van der Waals surface area contributed by atoms with E-state index in [9.17, 15) is 4.79 Å². The van der Waals surface area contributed by atoms with Gasteiger partial charge < -0.3 is 16.2 Å². The van der Waals surface area contributed by atoms with Gasteiger partial charge in [0, 0.05) is 6.54 Å². The van der Waals surface area contributed by atoms with Gasteiger partial charge in [-0.15, -0.1) is 0 Å². The second-order valence-electron chi connectivity index (χ2n) is 5.30. The first-order valence-corrected chi connectivity index (χ1v) is 7.33. The van der Waals surface area contributed by atoms with E-state index in [4.69, 9.17) is 10.8 Å². The number of carboxylic acid groups (broad SMARTS) is 1. The second-order valence-corrected chi connectivity index (χ2v) is 5.30. The van der Waals surface area contributed by atoms with Gasteiger partial charge in [-0.05, 0) is 41.8 Å². The molecule has 0 aliphatic heterocycles. The molecular weight excluding hydrogens is 264 g/mol. The molecule has 0 amide bonds. The number of carbonyl (C=O) groups is 1. The van der Waals surface area contributed by atoms with Gasteiger partial charge >= 0.3 is 5.97 Å². The van der Waals surface area contributed by atoms with Crippen molar-refractivity contribution in [3.8, 4) is 0 Å². The number of nitrogens with one attached hydrogen (secondary N) is 1. The molecule has 0 spiro atoms. The third-order valence-corrected chi connectivity index (χ3v) is 3.58. The van der Waals surface area contributed by atoms with E-state index in [1.807, 2.05) is 12.1 Å². The van der Waals surface area contributed by atoms with Crippen LogP contribution in [0.3, 0.4) is 0 Å². The summed E-state index contributed by atoms with van der Waals surface area (Å²) in [6.45, 7) is 1.70. The Bertz CT molecular complexity index is 598. The van der Waals surface area contributed by atoms with Crippen molar-refractivity contribution in [1.82, 2.24) is 5.32 Å². The second kappa shape index (κ2) is 7.76. The van der Waals surface area contributed by atoms with Crippen molar-refractivity contribution in [2.75, 3.05) is 6.54 Å². The summed E-state index contributed by atoms with van der Waals surface area (Å²) in [6.07, 6.45) is 2.31. The summed E-state index contributed by atoms with van der Waals surface area (Å²) in [7, 11) is 0. The molecule has 0 heterocycles. The number of nitrogens with two attached hydrogens (primary N) is 1. The first kappa shape index (κ1) is 15.5. The van der Waals surface area contributed by atoms with E-state index in [1.165, 1.54) is 16.3 Å². The molecular formula is C17H22N2O2. The Kier molecular flexibility index (Phi) is 5.72. The van der Waals surface area contributed by atoms with Crippen molar-refractivity contribution in [2.24, 2.45) is 5.73 Å². The molecule has 0 fully saturated rings. The third kappa shape index (κ3) is 4.85. The van der Waals surface area contributed by atoms with Crippen LogP contribution in [-0.2, 0) is 11.3 Å². The van der Waals surface area contributed by atoms with E-state index in [0.717, 1.165) is 25.9 Å². The van der Waals surface area contributed by atoms with Gasteiger partial charge in [-0.2, -0.15) is 0 Å². The molecule has 2 aromatic rings. The Morgan fingerprint density at radius 2 is 1.90 bits per heavy atom. The van der Waals surface area contributed by atoms with Crippen LogP contribution in [0.5, 0.6) is 0 Å². The van der Waals surface area contributed by atoms with Crippen molar-refractivity contribution >= 4 is 16.7 Å². The Morgan fingerprint density at radius 3 is 2.67 bits per heavy atom. The van der Waals surface area contributed by atoms with Gasteiger partial charge in [0.2, 0.25) is 0 Å². The summed E-state index contributed by atoms with van der Waals surface area (Å²) in [5.41, 5.74) is 6.72. The van der Waals surface area contributed by atoms with Crippen molar-refractivity contribution in [3.63, 3.8) is 0 Å². The lowest BCUT2D eigenvalue weighted by Gasteiger charge is -2.08. The fourth-order valence-corrected chi connectivity index (χ4v) is 2.32. The van der Waals surface area contributed by atoms with Gasteiger partial charge in [-0.1, -0.05) is 42.8 Å². The summed E-state index contributed by atoms with van der Waals surface area (Å²) < 4.78 is 0. The van der Waals surface area contributed by atoms with Crippen molar-refractivity contribution in [2.45, 2.75) is 31.8 Å². The zero-order valence-electron chi connectivity index (χ0n) is 12.1. The molecule has 0 aromatic heterocycles. The van der Waals surface area contributed by atoms with Gasteiger partial charge in [-0.25, -0.2) is 0 Å². The van der Waals surface area contributed by atoms with Crippen LogP contribution < -0.4 is 11.1 Å². The molecule has 4 heteroatoms. The molecule has 0 radical (unpaired) electrons. The summed E-state index contributed by atoms with van der Waals surface area (Å²) in [6, 6.07) is 14.1. The average molecular weight is 286 g/mol. The molecule has 0 saturated carbocycles. The van der Waals surface area contributed by atoms with Crippen LogP contribution in [0.15, 0.2) is 42.5 Å². The minimum atomic E-state index is -0.917. The average Bonchev–Trinajstić information content (AvgIpc) is 2.50. The monoisotopic (exact) mass is 286 g/mol. The molecule has 0 unspecified atom stereocenters. The van der Waals surface area contributed by atoms with E-state index in [2.05, 4.69) is 35.6 Å². The highest BCUT2D eigenvalue weighted by atomic mass is 16.4. The number of unbranched alkanes of at least 4 members (excludes halogenated alkanes) is 1. The standard InChI is InChI=1S/C17H22N2O2/c18-16(17(20)21)7-3-4-10-19-12-13-8-9-14-5-1-2-6-15(14)11-13/h1-2,5-6,8-9,11,16,19H,3-4,7,10,12,18H2,(H,20,21)/t16-/m0/s1. The Labute approximate surface area is 125 Å². The van der Waals surface area contributed by atoms with Crippen LogP contribution in [0.1, 0.15) is 24.8 Å². The van der Waals surface area contributed by atoms with Gasteiger partial charge in [0.25, 0.3) is 0 Å². The number of fused-ring (bicyclic) bond motifs is 1. The van der Waals surface area contributed by atoms with E-state index in [1.54, 1.807) is 0 Å². The number of aliphatic carboxylic acids is 1. The summed E-state index contributed by atoms with van der Waals surface area (Å²) in [4.78, 5) is 10.6. The summed E-state index contributed by atoms with van der Waals surface area (Å²) in [5.74, 6) is -0.917. The zero-order valence-corrected chi connectivity index (χ0v) is 12.1. The van der Waals surface area contributed by atoms with E-state index >= 15 is 0 Å². The molecule has 4 N–H and O–H groups in total. The maximum Gasteiger partial charge on any atom is 0.320 e. The number of rotatable bonds is 8. The lowest BCUT2D eigenvalue weighted by Crippen LogP contribution is -2.30. The van der Waals surface area contributed by atoms with Crippen LogP contribution >= 0.6 is 0 Å². The van der Waals surface area contributed by atoms with Crippen LogP contribution in [0.4, 0.5) is 0 Å². The first-order valence-electron chi connectivity index (χ1n) is 7.33. The molecule has 0 bridgehead atoms. The van der Waals surface area contributed by atoms with Gasteiger partial charge in [0.05, 0.1) is 0 Å². The van der Waals surface area contributed by atoms with Crippen molar-refractivity contribution < 1.29 is 9.90 Å². The highest BCUT2D eigenvalue weighted by molar-refractivity contribution is 5.82. The highest BCUT2D eigenvalue weighted by Crippen LogP contribution is 2.15. The van der Waals surface area contributed by atoms with E-state index < -0.39 is 12.0 Å². The number of hydrogen-bond acceptors (Lipinski definition) is 3. The van der Waals surface area contributed by atoms with E-state index in [0.29, 0.717) is 6.42 Å². The molecule has 2 aromatic carbocycles. The fourth-order valence-electron chi connectivity index (χ4n) is 2.32. The van der Waals surface area contributed by atoms with Gasteiger partial charge in [0.15, 0.2) is 0 Å². The minimum absolute atomic E-state index is 0.535.